The summed E-state index contributed by atoms with van der Waals surface area (Å²) >= 11 is 3.06. The predicted molar refractivity (Wildman–Crippen MR) is 98.6 cm³/mol. The zero-order valence-electron chi connectivity index (χ0n) is 13.1. The first-order chi connectivity index (χ1) is 11.5. The van der Waals surface area contributed by atoms with Gasteiger partial charge >= 0.3 is 0 Å². The first kappa shape index (κ1) is 19.6. The van der Waals surface area contributed by atoms with Crippen LogP contribution in [0.3, 0.4) is 0 Å². The molecule has 2 aromatic rings. The van der Waals surface area contributed by atoms with E-state index in [1.54, 1.807) is 12.3 Å². The van der Waals surface area contributed by atoms with Crippen molar-refractivity contribution in [1.82, 2.24) is 10.3 Å². The zero-order valence-corrected chi connectivity index (χ0v) is 15.5. The minimum Gasteiger partial charge on any atom is -0.368 e. The summed E-state index contributed by atoms with van der Waals surface area (Å²) in [5.41, 5.74) is 0.977. The number of rotatable bonds is 3. The van der Waals surface area contributed by atoms with Crippen LogP contribution in [0.5, 0.6) is 0 Å². The summed E-state index contributed by atoms with van der Waals surface area (Å²) in [7, 11) is 0. The van der Waals surface area contributed by atoms with Crippen molar-refractivity contribution in [2.24, 2.45) is 0 Å². The fourth-order valence-electron chi connectivity index (χ4n) is 2.45. The van der Waals surface area contributed by atoms with Gasteiger partial charge in [-0.1, -0.05) is 0 Å². The van der Waals surface area contributed by atoms with Crippen LogP contribution >= 0.6 is 28.3 Å². The lowest BCUT2D eigenvalue weighted by Crippen LogP contribution is -2.43. The van der Waals surface area contributed by atoms with Crippen LogP contribution in [0.1, 0.15) is 10.4 Å². The maximum Gasteiger partial charge on any atom is 0.258 e. The molecule has 2 N–H and O–H groups in total. The molecule has 134 valence electrons. The van der Waals surface area contributed by atoms with Crippen LogP contribution in [0, 0.1) is 11.6 Å². The van der Waals surface area contributed by atoms with Gasteiger partial charge in [0.15, 0.2) is 11.6 Å². The second-order valence-electron chi connectivity index (χ2n) is 5.34. The van der Waals surface area contributed by atoms with E-state index in [0.29, 0.717) is 5.82 Å². The van der Waals surface area contributed by atoms with Gasteiger partial charge in [-0.2, -0.15) is 0 Å². The molecule has 0 unspecified atom stereocenters. The van der Waals surface area contributed by atoms with Gasteiger partial charge in [-0.3, -0.25) is 4.79 Å². The normalized spacial score (nSPS) is 14.0. The molecule has 1 aliphatic heterocycles. The molecule has 0 atom stereocenters. The molecule has 1 aromatic heterocycles. The van der Waals surface area contributed by atoms with Crippen molar-refractivity contribution >= 4 is 45.7 Å². The SMILES string of the molecule is Cl.O=C(Nc1ccc(N2CCNCC2)cn1)c1cc(F)c(F)cc1Br. The Morgan fingerprint density at radius 2 is 1.88 bits per heavy atom. The Bertz CT molecular complexity index is 755. The molecule has 0 spiro atoms. The van der Waals surface area contributed by atoms with Crippen LogP contribution in [0.4, 0.5) is 20.3 Å². The molecule has 9 heteroatoms. The summed E-state index contributed by atoms with van der Waals surface area (Å²) in [4.78, 5) is 18.6. The van der Waals surface area contributed by atoms with E-state index in [0.717, 1.165) is 44.0 Å². The number of halogens is 4. The minimum atomic E-state index is -1.08. The van der Waals surface area contributed by atoms with Crippen LogP contribution in [-0.2, 0) is 0 Å². The molecule has 3 rings (SSSR count). The van der Waals surface area contributed by atoms with Gasteiger partial charge < -0.3 is 15.5 Å². The van der Waals surface area contributed by atoms with Gasteiger partial charge in [0.25, 0.3) is 5.91 Å². The molecule has 1 amide bonds. The van der Waals surface area contributed by atoms with Gasteiger partial charge in [-0.25, -0.2) is 13.8 Å². The Morgan fingerprint density at radius 1 is 1.20 bits per heavy atom. The third-order valence-electron chi connectivity index (χ3n) is 3.73. The number of hydrogen-bond acceptors (Lipinski definition) is 4. The van der Waals surface area contributed by atoms with Crippen LogP contribution in [0.15, 0.2) is 34.9 Å². The standard InChI is InChI=1S/C16H15BrF2N4O.ClH/c17-12-8-14(19)13(18)7-11(12)16(24)22-15-2-1-10(9-21-15)23-5-3-20-4-6-23;/h1-2,7-9,20H,3-6H2,(H,21,22,24);1H. The number of amides is 1. The first-order valence-electron chi connectivity index (χ1n) is 7.42. The Hall–Kier alpha value is -1.77. The molecular formula is C16H16BrClF2N4O. The van der Waals surface area contributed by atoms with Crippen molar-refractivity contribution in [3.8, 4) is 0 Å². The molecule has 1 fully saturated rings. The van der Waals surface area contributed by atoms with E-state index in [1.165, 1.54) is 0 Å². The average molecular weight is 434 g/mol. The lowest BCUT2D eigenvalue weighted by atomic mass is 10.2. The highest BCUT2D eigenvalue weighted by atomic mass is 79.9. The number of carbonyl (C=O) groups is 1. The summed E-state index contributed by atoms with van der Waals surface area (Å²) in [6, 6.07) is 5.33. The summed E-state index contributed by atoms with van der Waals surface area (Å²) in [6.45, 7) is 3.63. The van der Waals surface area contributed by atoms with Crippen molar-refractivity contribution < 1.29 is 13.6 Å². The zero-order chi connectivity index (χ0) is 17.1. The molecule has 0 radical (unpaired) electrons. The third-order valence-corrected chi connectivity index (χ3v) is 4.38. The maximum atomic E-state index is 13.3. The molecule has 2 heterocycles. The highest BCUT2D eigenvalue weighted by Crippen LogP contribution is 2.22. The average Bonchev–Trinajstić information content (AvgIpc) is 2.59. The number of aromatic nitrogens is 1. The quantitative estimate of drug-likeness (QED) is 0.730. The van der Waals surface area contributed by atoms with Gasteiger partial charge in [0.2, 0.25) is 0 Å². The van der Waals surface area contributed by atoms with E-state index >= 15 is 0 Å². The Labute approximate surface area is 158 Å². The maximum absolute atomic E-state index is 13.3. The van der Waals surface area contributed by atoms with Crippen LogP contribution in [0.25, 0.3) is 0 Å². The van der Waals surface area contributed by atoms with Crippen molar-refractivity contribution in [2.45, 2.75) is 0 Å². The summed E-state index contributed by atoms with van der Waals surface area (Å²) in [5, 5.41) is 5.85. The summed E-state index contributed by atoms with van der Waals surface area (Å²) in [6.07, 6.45) is 1.68. The molecule has 0 bridgehead atoms. The highest BCUT2D eigenvalue weighted by Gasteiger charge is 2.16. The Kier molecular flexibility index (Phi) is 6.69. The fraction of sp³-hybridized carbons (Fsp3) is 0.250. The summed E-state index contributed by atoms with van der Waals surface area (Å²) in [5.74, 6) is -2.32. The van der Waals surface area contributed by atoms with E-state index in [4.69, 9.17) is 0 Å². The fourth-order valence-corrected chi connectivity index (χ4v) is 2.95. The second kappa shape index (κ2) is 8.55. The topological polar surface area (TPSA) is 57.3 Å². The number of carbonyl (C=O) groups excluding carboxylic acids is 1. The summed E-state index contributed by atoms with van der Waals surface area (Å²) < 4.78 is 26.6. The van der Waals surface area contributed by atoms with Gasteiger partial charge in [0, 0.05) is 30.7 Å². The van der Waals surface area contributed by atoms with Crippen LogP contribution in [0.2, 0.25) is 0 Å². The molecular weight excluding hydrogens is 418 g/mol. The predicted octanol–water partition coefficient (Wildman–Crippen LogP) is 3.21. The molecule has 0 saturated carbocycles. The molecule has 5 nitrogen and oxygen atoms in total. The molecule has 0 aliphatic carbocycles. The number of hydrogen-bond donors (Lipinski definition) is 2. The lowest BCUT2D eigenvalue weighted by molar-refractivity contribution is 0.102. The number of piperazine rings is 1. The number of benzene rings is 1. The van der Waals surface area contributed by atoms with E-state index in [9.17, 15) is 13.6 Å². The lowest BCUT2D eigenvalue weighted by Gasteiger charge is -2.29. The smallest absolute Gasteiger partial charge is 0.258 e. The minimum absolute atomic E-state index is 0. The van der Waals surface area contributed by atoms with Gasteiger partial charge in [-0.15, -0.1) is 12.4 Å². The third kappa shape index (κ3) is 4.65. The highest BCUT2D eigenvalue weighted by molar-refractivity contribution is 9.10. The van der Waals surface area contributed by atoms with E-state index in [1.807, 2.05) is 6.07 Å². The second-order valence-corrected chi connectivity index (χ2v) is 6.19. The number of anilines is 2. The van der Waals surface area contributed by atoms with Crippen molar-refractivity contribution in [3.63, 3.8) is 0 Å². The van der Waals surface area contributed by atoms with E-state index in [-0.39, 0.29) is 22.4 Å². The molecule has 1 aliphatic rings. The van der Waals surface area contributed by atoms with Gasteiger partial charge in [0.1, 0.15) is 5.82 Å². The first-order valence-corrected chi connectivity index (χ1v) is 8.21. The van der Waals surface area contributed by atoms with Gasteiger partial charge in [-0.05, 0) is 40.2 Å². The Morgan fingerprint density at radius 3 is 2.52 bits per heavy atom. The number of nitrogens with one attached hydrogen (secondary N) is 2. The van der Waals surface area contributed by atoms with E-state index in [2.05, 4.69) is 36.4 Å². The molecule has 1 aromatic carbocycles. The van der Waals surface area contributed by atoms with Gasteiger partial charge in [0.05, 0.1) is 17.4 Å². The molecule has 1 saturated heterocycles. The van der Waals surface area contributed by atoms with Crippen LogP contribution in [-0.4, -0.2) is 37.1 Å². The molecule has 25 heavy (non-hydrogen) atoms. The monoisotopic (exact) mass is 432 g/mol. The van der Waals surface area contributed by atoms with E-state index < -0.39 is 17.5 Å². The van der Waals surface area contributed by atoms with Crippen LogP contribution < -0.4 is 15.5 Å². The van der Waals surface area contributed by atoms with Crippen molar-refractivity contribution in [1.29, 1.82) is 0 Å². The Balaban J connectivity index is 0.00000225. The largest absolute Gasteiger partial charge is 0.368 e. The van der Waals surface area contributed by atoms with Crippen molar-refractivity contribution in [2.75, 3.05) is 36.4 Å². The number of nitrogens with zero attached hydrogens (tertiary/aromatic N) is 2. The van der Waals surface area contributed by atoms with Crippen molar-refractivity contribution in [3.05, 3.63) is 52.1 Å². The number of pyridine rings is 1.